The van der Waals surface area contributed by atoms with Gasteiger partial charge in [-0.1, -0.05) is 12.1 Å². The maximum atomic E-state index is 13.3. The van der Waals surface area contributed by atoms with Gasteiger partial charge in [-0.25, -0.2) is 4.39 Å². The van der Waals surface area contributed by atoms with Gasteiger partial charge in [0.15, 0.2) is 0 Å². The van der Waals surface area contributed by atoms with Crippen LogP contribution in [0.2, 0.25) is 0 Å². The highest BCUT2D eigenvalue weighted by Gasteiger charge is 2.10. The second-order valence-corrected chi connectivity index (χ2v) is 4.37. The Morgan fingerprint density at radius 1 is 1.29 bits per heavy atom. The summed E-state index contributed by atoms with van der Waals surface area (Å²) in [6.07, 6.45) is 1.06. The van der Waals surface area contributed by atoms with Crippen LogP contribution in [0.1, 0.15) is 17.5 Å². The van der Waals surface area contributed by atoms with Crippen molar-refractivity contribution in [3.05, 3.63) is 35.1 Å². The molecule has 0 aliphatic carbocycles. The van der Waals surface area contributed by atoms with Gasteiger partial charge in [-0.3, -0.25) is 4.90 Å². The van der Waals surface area contributed by atoms with E-state index in [1.54, 1.807) is 0 Å². The highest BCUT2D eigenvalue weighted by molar-refractivity contribution is 5.25. The fourth-order valence-corrected chi connectivity index (χ4v) is 2.10. The lowest BCUT2D eigenvalue weighted by Crippen LogP contribution is -2.25. The number of benzene rings is 1. The summed E-state index contributed by atoms with van der Waals surface area (Å²) in [4.78, 5) is 2.33. The van der Waals surface area contributed by atoms with Crippen molar-refractivity contribution in [2.24, 2.45) is 5.73 Å². The Morgan fingerprint density at radius 3 is 3.00 bits per heavy atom. The van der Waals surface area contributed by atoms with Crippen LogP contribution in [0.15, 0.2) is 18.2 Å². The van der Waals surface area contributed by atoms with E-state index in [1.165, 1.54) is 6.07 Å². The molecule has 0 atom stereocenters. The Kier molecular flexibility index (Phi) is 4.48. The third-order valence-corrected chi connectivity index (χ3v) is 3.05. The van der Waals surface area contributed by atoms with Gasteiger partial charge < -0.3 is 10.5 Å². The summed E-state index contributed by atoms with van der Waals surface area (Å²) in [5, 5.41) is 0. The van der Waals surface area contributed by atoms with Crippen molar-refractivity contribution in [1.29, 1.82) is 0 Å². The quantitative estimate of drug-likeness (QED) is 0.867. The number of nitrogens with zero attached hydrogens (tertiary/aromatic N) is 1. The van der Waals surface area contributed by atoms with Crippen molar-refractivity contribution >= 4 is 0 Å². The van der Waals surface area contributed by atoms with Gasteiger partial charge >= 0.3 is 0 Å². The minimum Gasteiger partial charge on any atom is -0.380 e. The number of rotatable bonds is 3. The molecule has 4 heteroatoms. The highest BCUT2D eigenvalue weighted by Crippen LogP contribution is 2.13. The molecule has 0 bridgehead atoms. The molecule has 2 N–H and O–H groups in total. The average Bonchev–Trinajstić information content (AvgIpc) is 2.60. The molecular formula is C13H19FN2O. The average molecular weight is 238 g/mol. The van der Waals surface area contributed by atoms with Gasteiger partial charge in [-0.15, -0.1) is 0 Å². The lowest BCUT2D eigenvalue weighted by molar-refractivity contribution is 0.140. The predicted molar refractivity (Wildman–Crippen MR) is 65.0 cm³/mol. The van der Waals surface area contributed by atoms with Crippen LogP contribution >= 0.6 is 0 Å². The topological polar surface area (TPSA) is 38.5 Å². The Labute approximate surface area is 101 Å². The third kappa shape index (κ3) is 3.49. The predicted octanol–water partition coefficient (Wildman–Crippen LogP) is 1.51. The molecule has 1 heterocycles. The van der Waals surface area contributed by atoms with Crippen molar-refractivity contribution in [1.82, 2.24) is 4.90 Å². The number of nitrogens with two attached hydrogens (primary N) is 1. The largest absolute Gasteiger partial charge is 0.380 e. The van der Waals surface area contributed by atoms with E-state index in [0.717, 1.165) is 44.8 Å². The van der Waals surface area contributed by atoms with Crippen LogP contribution in [0.25, 0.3) is 0 Å². The molecule has 0 radical (unpaired) electrons. The normalized spacial score (nSPS) is 18.0. The fraction of sp³-hybridized carbons (Fsp3) is 0.538. The van der Waals surface area contributed by atoms with Gasteiger partial charge in [0.2, 0.25) is 0 Å². The summed E-state index contributed by atoms with van der Waals surface area (Å²) in [5.41, 5.74) is 7.21. The molecule has 1 aromatic rings. The van der Waals surface area contributed by atoms with Crippen LogP contribution in [0.3, 0.4) is 0 Å². The van der Waals surface area contributed by atoms with Crippen molar-refractivity contribution in [3.63, 3.8) is 0 Å². The van der Waals surface area contributed by atoms with Gasteiger partial charge in [-0.05, 0) is 18.1 Å². The Morgan fingerprint density at radius 2 is 2.18 bits per heavy atom. The number of hydrogen-bond acceptors (Lipinski definition) is 3. The summed E-state index contributed by atoms with van der Waals surface area (Å²) in [5.74, 6) is -0.213. The zero-order chi connectivity index (χ0) is 12.1. The molecule has 1 aliphatic rings. The minimum atomic E-state index is -0.213. The molecule has 1 fully saturated rings. The van der Waals surface area contributed by atoms with E-state index >= 15 is 0 Å². The first-order valence-electron chi connectivity index (χ1n) is 6.07. The highest BCUT2D eigenvalue weighted by atomic mass is 19.1. The summed E-state index contributed by atoms with van der Waals surface area (Å²) >= 11 is 0. The van der Waals surface area contributed by atoms with Gasteiger partial charge in [-0.2, -0.15) is 0 Å². The van der Waals surface area contributed by atoms with E-state index in [4.69, 9.17) is 10.5 Å². The summed E-state index contributed by atoms with van der Waals surface area (Å²) < 4.78 is 18.7. The van der Waals surface area contributed by atoms with Gasteiger partial charge in [0.25, 0.3) is 0 Å². The smallest absolute Gasteiger partial charge is 0.127 e. The summed E-state index contributed by atoms with van der Waals surface area (Å²) in [6, 6.07) is 5.20. The molecule has 94 valence electrons. The van der Waals surface area contributed by atoms with Crippen molar-refractivity contribution in [2.75, 3.05) is 26.3 Å². The molecule has 1 aliphatic heterocycles. The van der Waals surface area contributed by atoms with Crippen LogP contribution in [0.4, 0.5) is 4.39 Å². The molecule has 2 rings (SSSR count). The van der Waals surface area contributed by atoms with Crippen LogP contribution < -0.4 is 5.73 Å². The van der Waals surface area contributed by atoms with E-state index < -0.39 is 0 Å². The number of hydrogen-bond donors (Lipinski definition) is 1. The van der Waals surface area contributed by atoms with E-state index in [1.807, 2.05) is 12.1 Å². The maximum Gasteiger partial charge on any atom is 0.127 e. The minimum absolute atomic E-state index is 0.213. The van der Waals surface area contributed by atoms with Gasteiger partial charge in [0.05, 0.1) is 6.61 Å². The Hall–Kier alpha value is -0.970. The van der Waals surface area contributed by atoms with Crippen molar-refractivity contribution < 1.29 is 9.13 Å². The van der Waals surface area contributed by atoms with Crippen LogP contribution in [0.5, 0.6) is 0 Å². The first kappa shape index (κ1) is 12.5. The first-order chi connectivity index (χ1) is 8.29. The van der Waals surface area contributed by atoms with E-state index in [2.05, 4.69) is 4.90 Å². The molecule has 17 heavy (non-hydrogen) atoms. The fourth-order valence-electron chi connectivity index (χ4n) is 2.10. The number of halogens is 1. The van der Waals surface area contributed by atoms with Gasteiger partial charge in [0.1, 0.15) is 5.82 Å². The second kappa shape index (κ2) is 6.10. The maximum absolute atomic E-state index is 13.3. The van der Waals surface area contributed by atoms with E-state index in [-0.39, 0.29) is 12.4 Å². The lowest BCUT2D eigenvalue weighted by atomic mass is 10.1. The first-order valence-corrected chi connectivity index (χ1v) is 6.07. The molecule has 1 saturated heterocycles. The molecule has 0 aromatic heterocycles. The van der Waals surface area contributed by atoms with Crippen LogP contribution in [-0.4, -0.2) is 31.2 Å². The molecule has 0 saturated carbocycles. The summed E-state index contributed by atoms with van der Waals surface area (Å²) in [7, 11) is 0. The van der Waals surface area contributed by atoms with Crippen LogP contribution in [-0.2, 0) is 17.8 Å². The van der Waals surface area contributed by atoms with E-state index in [0.29, 0.717) is 5.56 Å². The monoisotopic (exact) mass is 238 g/mol. The zero-order valence-electron chi connectivity index (χ0n) is 9.99. The Balaban J connectivity index is 2.01. The van der Waals surface area contributed by atoms with Gasteiger partial charge in [0, 0.05) is 38.3 Å². The molecule has 0 amide bonds. The SMILES string of the molecule is NCc1cc(CN2CCCOCC2)ccc1F. The lowest BCUT2D eigenvalue weighted by Gasteiger charge is -2.19. The molecule has 3 nitrogen and oxygen atoms in total. The standard InChI is InChI=1S/C13H19FN2O/c14-13-3-2-11(8-12(13)9-15)10-16-4-1-6-17-7-5-16/h2-3,8H,1,4-7,9-10,15H2. The molecular weight excluding hydrogens is 219 g/mol. The summed E-state index contributed by atoms with van der Waals surface area (Å²) in [6.45, 7) is 4.70. The van der Waals surface area contributed by atoms with E-state index in [9.17, 15) is 4.39 Å². The Bertz CT molecular complexity index is 362. The molecule has 0 spiro atoms. The van der Waals surface area contributed by atoms with Crippen molar-refractivity contribution in [3.8, 4) is 0 Å². The molecule has 1 aromatic carbocycles. The zero-order valence-corrected chi connectivity index (χ0v) is 9.99. The van der Waals surface area contributed by atoms with Crippen LogP contribution in [0, 0.1) is 5.82 Å². The molecule has 0 unspecified atom stereocenters. The van der Waals surface area contributed by atoms with Crippen molar-refractivity contribution in [2.45, 2.75) is 19.5 Å². The second-order valence-electron chi connectivity index (χ2n) is 4.37. The number of ether oxygens (including phenoxy) is 1. The third-order valence-electron chi connectivity index (χ3n) is 3.05.